The first-order valence-corrected chi connectivity index (χ1v) is 6.05. The molecule has 1 aromatic rings. The predicted molar refractivity (Wildman–Crippen MR) is 72.0 cm³/mol. The van der Waals surface area contributed by atoms with Crippen LogP contribution in [0.3, 0.4) is 0 Å². The Morgan fingerprint density at radius 1 is 1.39 bits per heavy atom. The molecule has 0 radical (unpaired) electrons. The molecule has 18 heavy (non-hydrogen) atoms. The topological polar surface area (TPSA) is 70.2 Å². The number of anilines is 3. The van der Waals surface area contributed by atoms with Crippen LogP contribution in [0.2, 0.25) is 0 Å². The molecule has 2 N–H and O–H groups in total. The van der Waals surface area contributed by atoms with Gasteiger partial charge in [0.05, 0.1) is 5.69 Å². The Hall–Kier alpha value is -1.85. The van der Waals surface area contributed by atoms with Crippen LogP contribution in [0.15, 0.2) is 0 Å². The number of hydrogen-bond donors (Lipinski definition) is 2. The Morgan fingerprint density at radius 3 is 2.61 bits per heavy atom. The third-order valence-corrected chi connectivity index (χ3v) is 3.19. The molecule has 2 heterocycles. The molecule has 1 atom stereocenters. The quantitative estimate of drug-likeness (QED) is 0.825. The van der Waals surface area contributed by atoms with Crippen molar-refractivity contribution < 1.29 is 4.79 Å². The van der Waals surface area contributed by atoms with E-state index in [0.717, 1.165) is 11.5 Å². The summed E-state index contributed by atoms with van der Waals surface area (Å²) in [6, 6.07) is -0.198. The molecule has 1 amide bonds. The van der Waals surface area contributed by atoms with Gasteiger partial charge in [0.1, 0.15) is 11.7 Å². The van der Waals surface area contributed by atoms with Crippen LogP contribution < -0.4 is 15.5 Å². The Bertz CT molecular complexity index is 486. The lowest BCUT2D eigenvalue weighted by Gasteiger charge is -2.36. The van der Waals surface area contributed by atoms with Crippen molar-refractivity contribution in [1.82, 2.24) is 9.97 Å². The monoisotopic (exact) mass is 249 g/mol. The highest BCUT2D eigenvalue weighted by Gasteiger charge is 2.35. The second kappa shape index (κ2) is 4.44. The van der Waals surface area contributed by atoms with E-state index in [1.807, 2.05) is 32.7 Å². The molecule has 0 spiro atoms. The fourth-order valence-electron chi connectivity index (χ4n) is 2.33. The van der Waals surface area contributed by atoms with E-state index in [1.165, 1.54) is 0 Å². The molecule has 0 aliphatic carbocycles. The van der Waals surface area contributed by atoms with Gasteiger partial charge in [0.25, 0.3) is 0 Å². The second-order valence-corrected chi connectivity index (χ2v) is 4.87. The molecular weight excluding hydrogens is 230 g/mol. The summed E-state index contributed by atoms with van der Waals surface area (Å²) >= 11 is 0. The number of likely N-dealkylation sites (N-methyl/N-ethyl adjacent to an activating group) is 1. The van der Waals surface area contributed by atoms with Crippen LogP contribution in [-0.4, -0.2) is 36.0 Å². The van der Waals surface area contributed by atoms with E-state index in [2.05, 4.69) is 20.6 Å². The fraction of sp³-hybridized carbons (Fsp3) is 0.583. The lowest BCUT2D eigenvalue weighted by atomic mass is 9.99. The average Bonchev–Trinajstić information content (AvgIpc) is 2.29. The molecule has 98 valence electrons. The van der Waals surface area contributed by atoms with Gasteiger partial charge in [0, 0.05) is 14.1 Å². The number of carbonyl (C=O) groups excluding carboxylic acids is 1. The smallest absolute Gasteiger partial charge is 0.247 e. The summed E-state index contributed by atoms with van der Waals surface area (Å²) in [6.45, 7) is 5.92. The van der Waals surface area contributed by atoms with Gasteiger partial charge in [0.15, 0.2) is 5.82 Å². The normalized spacial score (nSPS) is 18.7. The van der Waals surface area contributed by atoms with Gasteiger partial charge in [-0.05, 0) is 12.8 Å². The lowest BCUT2D eigenvalue weighted by molar-refractivity contribution is -0.118. The Kier molecular flexibility index (Phi) is 3.11. The van der Waals surface area contributed by atoms with Gasteiger partial charge in [-0.1, -0.05) is 13.8 Å². The maximum absolute atomic E-state index is 12.1. The van der Waals surface area contributed by atoms with Crippen molar-refractivity contribution in [2.24, 2.45) is 5.92 Å². The fourth-order valence-corrected chi connectivity index (χ4v) is 2.33. The molecule has 0 unspecified atom stereocenters. The van der Waals surface area contributed by atoms with Crippen molar-refractivity contribution in [3.05, 3.63) is 5.69 Å². The molecule has 1 aliphatic heterocycles. The van der Waals surface area contributed by atoms with Crippen LogP contribution in [-0.2, 0) is 4.79 Å². The summed E-state index contributed by atoms with van der Waals surface area (Å²) in [4.78, 5) is 22.7. The van der Waals surface area contributed by atoms with Crippen LogP contribution in [0.5, 0.6) is 0 Å². The maximum Gasteiger partial charge on any atom is 0.247 e. The summed E-state index contributed by atoms with van der Waals surface area (Å²) < 4.78 is 0. The largest absolute Gasteiger partial charge is 0.357 e. The van der Waals surface area contributed by atoms with Crippen molar-refractivity contribution in [2.45, 2.75) is 26.8 Å². The van der Waals surface area contributed by atoms with Crippen molar-refractivity contribution in [2.75, 3.05) is 29.6 Å². The number of carbonyl (C=O) groups is 1. The molecule has 0 saturated heterocycles. The Morgan fingerprint density at radius 2 is 2.06 bits per heavy atom. The molecule has 1 aromatic heterocycles. The van der Waals surface area contributed by atoms with E-state index >= 15 is 0 Å². The molecule has 6 nitrogen and oxygen atoms in total. The van der Waals surface area contributed by atoms with Gasteiger partial charge >= 0.3 is 0 Å². The highest BCUT2D eigenvalue weighted by molar-refractivity contribution is 6.03. The van der Waals surface area contributed by atoms with Gasteiger partial charge in [-0.25, -0.2) is 4.98 Å². The summed E-state index contributed by atoms with van der Waals surface area (Å²) in [6.07, 6.45) is 0. The molecule has 6 heteroatoms. The maximum atomic E-state index is 12.1. The molecular formula is C12H19N5O. The number of amides is 1. The number of aryl methyl sites for hydroxylation is 1. The standard InChI is InChI=1S/C12H19N5O/c1-6(2)9-11(18)15-8-7(3)14-12(13-4)16-10(8)17(9)5/h6,9H,1-5H3,(H,15,18)(H,13,14,16)/t9-/m0/s1. The molecule has 0 fully saturated rings. The van der Waals surface area contributed by atoms with Crippen LogP contribution in [0, 0.1) is 12.8 Å². The van der Waals surface area contributed by atoms with Crippen LogP contribution in [0.1, 0.15) is 19.5 Å². The second-order valence-electron chi connectivity index (χ2n) is 4.87. The number of rotatable bonds is 2. The van der Waals surface area contributed by atoms with E-state index in [9.17, 15) is 4.79 Å². The number of hydrogen-bond acceptors (Lipinski definition) is 5. The third-order valence-electron chi connectivity index (χ3n) is 3.19. The zero-order valence-electron chi connectivity index (χ0n) is 11.4. The summed E-state index contributed by atoms with van der Waals surface area (Å²) in [5.74, 6) is 1.56. The van der Waals surface area contributed by atoms with Crippen LogP contribution >= 0.6 is 0 Å². The van der Waals surface area contributed by atoms with Crippen LogP contribution in [0.25, 0.3) is 0 Å². The minimum Gasteiger partial charge on any atom is -0.357 e. The predicted octanol–water partition coefficient (Wildman–Crippen LogP) is 1.24. The molecule has 0 aromatic carbocycles. The molecule has 2 rings (SSSR count). The van der Waals surface area contributed by atoms with Crippen LogP contribution in [0.4, 0.5) is 17.5 Å². The van der Waals surface area contributed by atoms with E-state index in [4.69, 9.17) is 0 Å². The van der Waals surface area contributed by atoms with Gasteiger partial charge in [-0.15, -0.1) is 0 Å². The number of nitrogens with one attached hydrogen (secondary N) is 2. The third kappa shape index (κ3) is 1.87. The first kappa shape index (κ1) is 12.6. The first-order valence-electron chi connectivity index (χ1n) is 6.05. The number of nitrogens with zero attached hydrogens (tertiary/aromatic N) is 3. The zero-order chi connectivity index (χ0) is 13.4. The lowest BCUT2D eigenvalue weighted by Crippen LogP contribution is -2.49. The van der Waals surface area contributed by atoms with Gasteiger partial charge < -0.3 is 15.5 Å². The molecule has 0 bridgehead atoms. The van der Waals surface area contributed by atoms with Gasteiger partial charge in [-0.2, -0.15) is 4.98 Å². The number of aromatic nitrogens is 2. The minimum absolute atomic E-state index is 0.00362. The minimum atomic E-state index is -0.198. The molecule has 0 saturated carbocycles. The van der Waals surface area contributed by atoms with Gasteiger partial charge in [0.2, 0.25) is 11.9 Å². The summed E-state index contributed by atoms with van der Waals surface area (Å²) in [5.41, 5.74) is 1.48. The van der Waals surface area contributed by atoms with E-state index in [1.54, 1.807) is 7.05 Å². The van der Waals surface area contributed by atoms with Crippen molar-refractivity contribution in [3.63, 3.8) is 0 Å². The first-order chi connectivity index (χ1) is 8.45. The van der Waals surface area contributed by atoms with E-state index in [0.29, 0.717) is 11.6 Å². The number of fused-ring (bicyclic) bond motifs is 1. The van der Waals surface area contributed by atoms with Crippen molar-refractivity contribution in [3.8, 4) is 0 Å². The zero-order valence-corrected chi connectivity index (χ0v) is 11.4. The van der Waals surface area contributed by atoms with Crippen molar-refractivity contribution in [1.29, 1.82) is 0 Å². The van der Waals surface area contributed by atoms with E-state index in [-0.39, 0.29) is 17.9 Å². The van der Waals surface area contributed by atoms with Gasteiger partial charge in [-0.3, -0.25) is 4.79 Å². The van der Waals surface area contributed by atoms with E-state index < -0.39 is 0 Å². The Labute approximate surface area is 107 Å². The average molecular weight is 249 g/mol. The Balaban J connectivity index is 2.53. The highest BCUT2D eigenvalue weighted by Crippen LogP contribution is 2.33. The van der Waals surface area contributed by atoms with Crippen molar-refractivity contribution >= 4 is 23.4 Å². The highest BCUT2D eigenvalue weighted by atomic mass is 16.2. The summed E-state index contributed by atoms with van der Waals surface area (Å²) in [5, 5.41) is 5.84. The summed E-state index contributed by atoms with van der Waals surface area (Å²) in [7, 11) is 3.68. The SMILES string of the molecule is CNc1nc(C)c2c(n1)N(C)[C@@H](C(C)C)C(=O)N2. The molecule has 1 aliphatic rings.